The number of likely N-dealkylation sites (tertiary alicyclic amines) is 1. The highest BCUT2D eigenvalue weighted by molar-refractivity contribution is 6.31. The number of carboxylic acid groups (broad SMARTS) is 1. The number of aromatic nitrogens is 2. The van der Waals surface area contributed by atoms with Gasteiger partial charge in [-0.3, -0.25) is 14.4 Å². The Morgan fingerprint density at radius 3 is 2.67 bits per heavy atom. The molecule has 18 heavy (non-hydrogen) atoms. The van der Waals surface area contributed by atoms with E-state index in [2.05, 4.69) is 10.00 Å². The van der Waals surface area contributed by atoms with Gasteiger partial charge < -0.3 is 5.11 Å². The van der Waals surface area contributed by atoms with Crippen LogP contribution in [0.4, 0.5) is 0 Å². The second-order valence-electron chi connectivity index (χ2n) is 5.09. The number of rotatable bonds is 3. The minimum absolute atomic E-state index is 0.176. The molecule has 5 nitrogen and oxygen atoms in total. The topological polar surface area (TPSA) is 58.4 Å². The maximum absolute atomic E-state index is 11.1. The Kier molecular flexibility index (Phi) is 3.64. The van der Waals surface area contributed by atoms with E-state index in [1.807, 2.05) is 20.9 Å². The summed E-state index contributed by atoms with van der Waals surface area (Å²) in [5.41, 5.74) is 1.77. The second kappa shape index (κ2) is 4.90. The summed E-state index contributed by atoms with van der Waals surface area (Å²) < 4.78 is 1.77. The fourth-order valence-corrected chi connectivity index (χ4v) is 2.80. The van der Waals surface area contributed by atoms with Crippen LogP contribution in [0.25, 0.3) is 0 Å². The molecule has 1 aliphatic rings. The highest BCUT2D eigenvalue weighted by Crippen LogP contribution is 2.27. The molecule has 1 aromatic heterocycles. The first-order chi connectivity index (χ1) is 8.40. The number of aliphatic carboxylic acids is 1. The molecule has 0 spiro atoms. The van der Waals surface area contributed by atoms with E-state index in [9.17, 15) is 4.79 Å². The van der Waals surface area contributed by atoms with Gasteiger partial charge in [-0.2, -0.15) is 5.10 Å². The van der Waals surface area contributed by atoms with Crippen molar-refractivity contribution in [1.29, 1.82) is 0 Å². The number of halogens is 1. The summed E-state index contributed by atoms with van der Waals surface area (Å²) in [7, 11) is 1.86. The van der Waals surface area contributed by atoms with Gasteiger partial charge in [-0.15, -0.1) is 0 Å². The lowest BCUT2D eigenvalue weighted by atomic mass is 9.99. The van der Waals surface area contributed by atoms with Crippen molar-refractivity contribution in [3.63, 3.8) is 0 Å². The summed E-state index contributed by atoms with van der Waals surface area (Å²) in [6.07, 6.45) is 0. The smallest absolute Gasteiger partial charge is 0.308 e. The first-order valence-electron chi connectivity index (χ1n) is 6.03. The molecule has 1 aromatic rings. The van der Waals surface area contributed by atoms with Crippen LogP contribution in [-0.2, 0) is 18.4 Å². The van der Waals surface area contributed by atoms with Crippen LogP contribution in [0.3, 0.4) is 0 Å². The third kappa shape index (κ3) is 2.37. The van der Waals surface area contributed by atoms with Gasteiger partial charge in [0.1, 0.15) is 0 Å². The number of nitrogens with zero attached hydrogens (tertiary/aromatic N) is 3. The molecule has 0 aromatic carbocycles. The first-order valence-corrected chi connectivity index (χ1v) is 6.41. The van der Waals surface area contributed by atoms with Gasteiger partial charge in [0.25, 0.3) is 0 Å². The lowest BCUT2D eigenvalue weighted by molar-refractivity contribution is -0.142. The van der Waals surface area contributed by atoms with Gasteiger partial charge in [-0.05, 0) is 12.8 Å². The summed E-state index contributed by atoms with van der Waals surface area (Å²) >= 11 is 6.20. The Morgan fingerprint density at radius 2 is 2.22 bits per heavy atom. The Morgan fingerprint density at radius 1 is 1.56 bits per heavy atom. The van der Waals surface area contributed by atoms with Gasteiger partial charge in [-0.25, -0.2) is 0 Å². The van der Waals surface area contributed by atoms with E-state index in [1.165, 1.54) is 0 Å². The highest BCUT2D eigenvalue weighted by atomic mass is 35.5. The molecule has 1 N–H and O–H groups in total. The minimum Gasteiger partial charge on any atom is -0.481 e. The van der Waals surface area contributed by atoms with Crippen molar-refractivity contribution in [2.75, 3.05) is 13.1 Å². The fourth-order valence-electron chi connectivity index (χ4n) is 2.58. The summed E-state index contributed by atoms with van der Waals surface area (Å²) in [5.74, 6) is -0.814. The Bertz CT molecular complexity index is 472. The predicted octanol–water partition coefficient (Wildman–Crippen LogP) is 1.53. The second-order valence-corrected chi connectivity index (χ2v) is 5.46. The van der Waals surface area contributed by atoms with E-state index in [4.69, 9.17) is 16.7 Å². The van der Waals surface area contributed by atoms with Crippen molar-refractivity contribution in [3.05, 3.63) is 16.4 Å². The summed E-state index contributed by atoms with van der Waals surface area (Å²) in [4.78, 5) is 13.2. The van der Waals surface area contributed by atoms with Crippen LogP contribution in [0.1, 0.15) is 18.3 Å². The van der Waals surface area contributed by atoms with E-state index in [-0.39, 0.29) is 11.8 Å². The minimum atomic E-state index is -0.711. The van der Waals surface area contributed by atoms with Gasteiger partial charge >= 0.3 is 5.97 Å². The Balaban J connectivity index is 2.10. The maximum Gasteiger partial charge on any atom is 0.308 e. The predicted molar refractivity (Wildman–Crippen MR) is 68.5 cm³/mol. The van der Waals surface area contributed by atoms with Crippen molar-refractivity contribution < 1.29 is 9.90 Å². The molecule has 2 rings (SSSR count). The van der Waals surface area contributed by atoms with E-state index in [0.29, 0.717) is 18.1 Å². The van der Waals surface area contributed by atoms with Gasteiger partial charge in [0.2, 0.25) is 0 Å². The average Bonchev–Trinajstić information content (AvgIpc) is 2.75. The molecule has 0 amide bonds. The lowest BCUT2D eigenvalue weighted by Crippen LogP contribution is -2.24. The lowest BCUT2D eigenvalue weighted by Gasteiger charge is -2.15. The van der Waals surface area contributed by atoms with Gasteiger partial charge in [-0.1, -0.05) is 18.5 Å². The molecule has 1 saturated heterocycles. The zero-order valence-electron chi connectivity index (χ0n) is 10.9. The monoisotopic (exact) mass is 271 g/mol. The van der Waals surface area contributed by atoms with Gasteiger partial charge in [0.05, 0.1) is 22.3 Å². The molecule has 0 bridgehead atoms. The first kappa shape index (κ1) is 13.4. The summed E-state index contributed by atoms with van der Waals surface area (Å²) in [6.45, 7) is 5.88. The zero-order chi connectivity index (χ0) is 13.4. The molecular formula is C12H18ClN3O2. The van der Waals surface area contributed by atoms with Crippen LogP contribution in [0.5, 0.6) is 0 Å². The third-order valence-electron chi connectivity index (χ3n) is 3.64. The van der Waals surface area contributed by atoms with Crippen LogP contribution in [0.2, 0.25) is 5.02 Å². The number of hydrogen-bond acceptors (Lipinski definition) is 3. The fraction of sp³-hybridized carbons (Fsp3) is 0.667. The van der Waals surface area contributed by atoms with Crippen LogP contribution in [0.15, 0.2) is 0 Å². The molecule has 1 fully saturated rings. The SMILES string of the molecule is Cc1nn(C)c(CN2C[C@@H](C)[C@H](C(=O)O)C2)c1Cl. The third-order valence-corrected chi connectivity index (χ3v) is 4.13. The average molecular weight is 272 g/mol. The molecule has 0 saturated carbocycles. The van der Waals surface area contributed by atoms with Crippen LogP contribution in [0, 0.1) is 18.8 Å². The Hall–Kier alpha value is -1.07. The summed E-state index contributed by atoms with van der Waals surface area (Å²) in [5, 5.41) is 14.1. The largest absolute Gasteiger partial charge is 0.481 e. The van der Waals surface area contributed by atoms with E-state index >= 15 is 0 Å². The van der Waals surface area contributed by atoms with Crippen molar-refractivity contribution in [3.8, 4) is 0 Å². The van der Waals surface area contributed by atoms with Crippen molar-refractivity contribution in [2.45, 2.75) is 20.4 Å². The van der Waals surface area contributed by atoms with Crippen molar-refractivity contribution >= 4 is 17.6 Å². The molecule has 0 radical (unpaired) electrons. The van der Waals surface area contributed by atoms with Crippen LogP contribution in [-0.4, -0.2) is 38.8 Å². The molecule has 6 heteroatoms. The number of aryl methyl sites for hydroxylation is 2. The standard InChI is InChI=1S/C12H18ClN3O2/c1-7-4-16(5-9(7)12(17)18)6-10-11(13)8(2)14-15(10)3/h7,9H,4-6H2,1-3H3,(H,17,18)/t7-,9-/m1/s1. The quantitative estimate of drug-likeness (QED) is 0.906. The number of hydrogen-bond donors (Lipinski definition) is 1. The van der Waals surface area contributed by atoms with Crippen LogP contribution < -0.4 is 0 Å². The summed E-state index contributed by atoms with van der Waals surface area (Å²) in [6, 6.07) is 0. The molecule has 0 aliphatic carbocycles. The van der Waals surface area contributed by atoms with E-state index < -0.39 is 5.97 Å². The normalized spacial score (nSPS) is 24.7. The molecule has 100 valence electrons. The zero-order valence-corrected chi connectivity index (χ0v) is 11.6. The molecule has 2 atom stereocenters. The number of carboxylic acids is 1. The highest BCUT2D eigenvalue weighted by Gasteiger charge is 2.35. The molecular weight excluding hydrogens is 254 g/mol. The molecule has 2 heterocycles. The van der Waals surface area contributed by atoms with Gasteiger partial charge in [0.15, 0.2) is 0 Å². The van der Waals surface area contributed by atoms with E-state index in [1.54, 1.807) is 4.68 Å². The van der Waals surface area contributed by atoms with Gasteiger partial charge in [0, 0.05) is 26.7 Å². The van der Waals surface area contributed by atoms with Crippen LogP contribution >= 0.6 is 11.6 Å². The number of carbonyl (C=O) groups is 1. The van der Waals surface area contributed by atoms with Crippen molar-refractivity contribution in [2.24, 2.45) is 18.9 Å². The van der Waals surface area contributed by atoms with Crippen molar-refractivity contribution in [1.82, 2.24) is 14.7 Å². The van der Waals surface area contributed by atoms with E-state index in [0.717, 1.165) is 17.9 Å². The molecule has 0 unspecified atom stereocenters. The Labute approximate surface area is 111 Å². The molecule has 1 aliphatic heterocycles. The maximum atomic E-state index is 11.1.